The van der Waals surface area contributed by atoms with E-state index in [0.29, 0.717) is 40.9 Å². The summed E-state index contributed by atoms with van der Waals surface area (Å²) in [7, 11) is 0. The number of halogens is 4. The Hall–Kier alpha value is -2.77. The molecule has 0 atom stereocenters. The average molecular weight is 349 g/mol. The van der Waals surface area contributed by atoms with E-state index in [1.807, 2.05) is 0 Å². The van der Waals surface area contributed by atoms with Crippen LogP contribution in [-0.4, -0.2) is 21.5 Å². The quantitative estimate of drug-likeness (QED) is 0.628. The number of pyridine rings is 1. The number of nitrogens with zero attached hydrogens (tertiary/aromatic N) is 4. The minimum Gasteiger partial charge on any atom is -0.351 e. The fourth-order valence-corrected chi connectivity index (χ4v) is 2.97. The third kappa shape index (κ3) is 2.88. The average Bonchev–Trinajstić information content (AvgIpc) is 2.59. The summed E-state index contributed by atoms with van der Waals surface area (Å²) in [6, 6.07) is 5.04. The summed E-state index contributed by atoms with van der Waals surface area (Å²) in [5, 5.41) is 0.421. The zero-order chi connectivity index (χ0) is 18.5. The monoisotopic (exact) mass is 349 g/mol. The lowest BCUT2D eigenvalue weighted by Crippen LogP contribution is -2.32. The van der Waals surface area contributed by atoms with Crippen LogP contribution in [0.3, 0.4) is 0 Å². The number of benzene rings is 1. The molecule has 0 spiro atoms. The van der Waals surface area contributed by atoms with E-state index in [2.05, 4.69) is 15.0 Å². The molecule has 3 heterocycles. The van der Waals surface area contributed by atoms with Crippen LogP contribution in [0.4, 0.5) is 23.4 Å². The minimum absolute atomic E-state index is 0.147. The molecule has 3 aromatic rings. The largest absolute Gasteiger partial charge is 0.417 e. The Morgan fingerprint density at radius 2 is 1.96 bits per heavy atom. The molecule has 1 aliphatic heterocycles. The number of aromatic nitrogens is 3. The standard InChI is InChI=1S/C17H12F4N4/c18-12-1-2-15-13(6-12)16(24-9-23-15)25-4-3-14-10(8-25)5-11(7-22-14)17(19,20)21/h1-2,5-7,9H,3-4,8H2/i9D. The Morgan fingerprint density at radius 1 is 1.12 bits per heavy atom. The lowest BCUT2D eigenvalue weighted by atomic mass is 10.0. The van der Waals surface area contributed by atoms with Gasteiger partial charge in [-0.25, -0.2) is 14.4 Å². The predicted molar refractivity (Wildman–Crippen MR) is 83.5 cm³/mol. The van der Waals surface area contributed by atoms with Crippen molar-refractivity contribution in [1.29, 1.82) is 0 Å². The maximum absolute atomic E-state index is 13.7. The topological polar surface area (TPSA) is 41.9 Å². The molecule has 4 rings (SSSR count). The van der Waals surface area contributed by atoms with E-state index in [0.717, 1.165) is 12.3 Å². The van der Waals surface area contributed by atoms with Gasteiger partial charge in [0.2, 0.25) is 0 Å². The second-order valence-corrected chi connectivity index (χ2v) is 5.81. The van der Waals surface area contributed by atoms with Crippen molar-refractivity contribution >= 4 is 16.7 Å². The number of anilines is 1. The maximum Gasteiger partial charge on any atom is 0.417 e. The van der Waals surface area contributed by atoms with Gasteiger partial charge in [-0.15, -0.1) is 0 Å². The molecule has 0 fully saturated rings. The second kappa shape index (κ2) is 5.65. The SMILES string of the molecule is [2H]c1nc(N2CCc3ncc(C(F)(F)F)cc3C2)c2cc(F)ccc2n1. The van der Waals surface area contributed by atoms with Gasteiger partial charge in [-0.2, -0.15) is 13.2 Å². The van der Waals surface area contributed by atoms with Crippen LogP contribution in [0.25, 0.3) is 10.9 Å². The highest BCUT2D eigenvalue weighted by Gasteiger charge is 2.32. The van der Waals surface area contributed by atoms with Crippen molar-refractivity contribution in [2.45, 2.75) is 19.1 Å². The highest BCUT2D eigenvalue weighted by Crippen LogP contribution is 2.33. The summed E-state index contributed by atoms with van der Waals surface area (Å²) >= 11 is 0. The summed E-state index contributed by atoms with van der Waals surface area (Å²) in [5.74, 6) is -0.138. The molecule has 25 heavy (non-hydrogen) atoms. The lowest BCUT2D eigenvalue weighted by Gasteiger charge is -2.30. The van der Waals surface area contributed by atoms with Crippen molar-refractivity contribution < 1.29 is 18.9 Å². The molecule has 0 bridgehead atoms. The van der Waals surface area contributed by atoms with Gasteiger partial charge >= 0.3 is 6.18 Å². The van der Waals surface area contributed by atoms with Crippen LogP contribution in [0.2, 0.25) is 0 Å². The number of alkyl halides is 3. The zero-order valence-electron chi connectivity index (χ0n) is 13.8. The first-order valence-electron chi connectivity index (χ1n) is 8.05. The number of fused-ring (bicyclic) bond motifs is 2. The fraction of sp³-hybridized carbons (Fsp3) is 0.235. The van der Waals surface area contributed by atoms with E-state index >= 15 is 0 Å². The van der Waals surface area contributed by atoms with Crippen LogP contribution in [0.1, 0.15) is 18.2 Å². The first kappa shape index (κ1) is 14.6. The first-order valence-corrected chi connectivity index (χ1v) is 7.55. The van der Waals surface area contributed by atoms with Crippen molar-refractivity contribution in [3.8, 4) is 0 Å². The first-order chi connectivity index (χ1) is 12.3. The summed E-state index contributed by atoms with van der Waals surface area (Å²) in [5.41, 5.74) is 0.651. The molecule has 0 saturated carbocycles. The Kier molecular flexibility index (Phi) is 3.29. The van der Waals surface area contributed by atoms with E-state index in [4.69, 9.17) is 1.37 Å². The van der Waals surface area contributed by atoms with Gasteiger partial charge in [-0.1, -0.05) is 0 Å². The molecule has 0 saturated heterocycles. The summed E-state index contributed by atoms with van der Waals surface area (Å²) in [6.07, 6.45) is -3.43. The Morgan fingerprint density at radius 3 is 2.76 bits per heavy atom. The van der Waals surface area contributed by atoms with Gasteiger partial charge in [-0.3, -0.25) is 4.98 Å². The van der Waals surface area contributed by atoms with Crippen LogP contribution in [0.5, 0.6) is 0 Å². The highest BCUT2D eigenvalue weighted by molar-refractivity contribution is 5.89. The maximum atomic E-state index is 13.7. The van der Waals surface area contributed by atoms with Crippen LogP contribution >= 0.6 is 0 Å². The molecule has 2 aromatic heterocycles. The van der Waals surface area contributed by atoms with Gasteiger partial charge < -0.3 is 4.90 Å². The third-order valence-electron chi connectivity index (χ3n) is 4.19. The zero-order valence-corrected chi connectivity index (χ0v) is 12.8. The van der Waals surface area contributed by atoms with Gasteiger partial charge in [0.25, 0.3) is 0 Å². The number of hydrogen-bond acceptors (Lipinski definition) is 4. The van der Waals surface area contributed by atoms with E-state index in [1.165, 1.54) is 18.2 Å². The molecule has 1 aromatic carbocycles. The predicted octanol–water partition coefficient (Wildman–Crippen LogP) is 3.75. The normalized spacial score (nSPS) is 15.2. The smallest absolute Gasteiger partial charge is 0.351 e. The molecule has 4 nitrogen and oxygen atoms in total. The van der Waals surface area contributed by atoms with Gasteiger partial charge in [0.1, 0.15) is 19.3 Å². The van der Waals surface area contributed by atoms with Gasteiger partial charge in [0.05, 0.1) is 11.1 Å². The van der Waals surface area contributed by atoms with E-state index in [-0.39, 0.29) is 12.8 Å². The Bertz CT molecular complexity index is 1010. The highest BCUT2D eigenvalue weighted by atomic mass is 19.4. The molecule has 8 heteroatoms. The Balaban J connectivity index is 1.77. The van der Waals surface area contributed by atoms with E-state index in [9.17, 15) is 17.6 Å². The Labute approximate surface area is 141 Å². The van der Waals surface area contributed by atoms with Crippen molar-refractivity contribution in [1.82, 2.24) is 15.0 Å². The molecule has 1 aliphatic rings. The van der Waals surface area contributed by atoms with Crippen molar-refractivity contribution in [2.24, 2.45) is 0 Å². The van der Waals surface area contributed by atoms with Gasteiger partial charge in [0, 0.05) is 36.8 Å². The minimum atomic E-state index is -4.47. The molecular formula is C17H12F4N4. The van der Waals surface area contributed by atoms with Crippen LogP contribution in [0.15, 0.2) is 36.8 Å². The lowest BCUT2D eigenvalue weighted by molar-refractivity contribution is -0.137. The number of rotatable bonds is 1. The molecule has 0 radical (unpaired) electrons. The van der Waals surface area contributed by atoms with Crippen LogP contribution in [-0.2, 0) is 19.1 Å². The number of hydrogen-bond donors (Lipinski definition) is 0. The van der Waals surface area contributed by atoms with Crippen LogP contribution in [0, 0.1) is 5.82 Å². The van der Waals surface area contributed by atoms with Crippen LogP contribution < -0.4 is 4.90 Å². The molecule has 0 N–H and O–H groups in total. The summed E-state index contributed by atoms with van der Waals surface area (Å²) in [4.78, 5) is 13.7. The van der Waals surface area contributed by atoms with E-state index in [1.54, 1.807) is 4.90 Å². The van der Waals surface area contributed by atoms with Gasteiger partial charge in [0.15, 0.2) is 0 Å². The molecular weight excluding hydrogens is 336 g/mol. The van der Waals surface area contributed by atoms with E-state index < -0.39 is 17.6 Å². The summed E-state index contributed by atoms with van der Waals surface area (Å²) < 4.78 is 60.2. The van der Waals surface area contributed by atoms with Crippen molar-refractivity contribution in [3.63, 3.8) is 0 Å². The second-order valence-electron chi connectivity index (χ2n) is 5.81. The summed E-state index contributed by atoms with van der Waals surface area (Å²) in [6.45, 7) is 0.599. The van der Waals surface area contributed by atoms with Crippen molar-refractivity contribution in [3.05, 3.63) is 59.4 Å². The molecule has 0 amide bonds. The van der Waals surface area contributed by atoms with Gasteiger partial charge in [-0.05, 0) is 29.8 Å². The fourth-order valence-electron chi connectivity index (χ4n) is 2.97. The third-order valence-corrected chi connectivity index (χ3v) is 4.19. The molecule has 0 unspecified atom stereocenters. The molecule has 128 valence electrons. The molecule has 0 aliphatic carbocycles. The van der Waals surface area contributed by atoms with Crippen molar-refractivity contribution in [2.75, 3.05) is 11.4 Å².